The zero-order valence-corrected chi connectivity index (χ0v) is 9.20. The molecule has 2 N–H and O–H groups in total. The number of alkyl halides is 2. The van der Waals surface area contributed by atoms with E-state index in [9.17, 15) is 13.2 Å². The number of nitrogens with two attached hydrogens (primary N) is 1. The van der Waals surface area contributed by atoms with E-state index in [-0.39, 0.29) is 17.7 Å². The van der Waals surface area contributed by atoms with E-state index in [0.717, 1.165) is 18.9 Å². The molecule has 0 aliphatic heterocycles. The number of halogens is 3. The van der Waals surface area contributed by atoms with Crippen molar-refractivity contribution in [2.45, 2.75) is 31.2 Å². The lowest BCUT2D eigenvalue weighted by molar-refractivity contribution is 0.100. The van der Waals surface area contributed by atoms with E-state index in [1.807, 2.05) is 0 Å². The van der Waals surface area contributed by atoms with Crippen LogP contribution in [0.15, 0.2) is 18.2 Å². The number of benzene rings is 1. The van der Waals surface area contributed by atoms with Crippen LogP contribution >= 0.6 is 0 Å². The van der Waals surface area contributed by atoms with Crippen molar-refractivity contribution in [2.75, 3.05) is 6.67 Å². The summed E-state index contributed by atoms with van der Waals surface area (Å²) in [6.45, 7) is -1.24. The second-order valence-electron chi connectivity index (χ2n) is 4.28. The average Bonchev–Trinajstić information content (AvgIpc) is 2.28. The molecule has 17 heavy (non-hydrogen) atoms. The van der Waals surface area contributed by atoms with Gasteiger partial charge in [0.15, 0.2) is 6.17 Å². The van der Waals surface area contributed by atoms with Gasteiger partial charge in [0.1, 0.15) is 24.3 Å². The fourth-order valence-electron chi connectivity index (χ4n) is 1.81. The number of hydrogen-bond acceptors (Lipinski definition) is 2. The van der Waals surface area contributed by atoms with Gasteiger partial charge in [-0.25, -0.2) is 13.2 Å². The molecule has 5 heteroatoms. The van der Waals surface area contributed by atoms with Crippen molar-refractivity contribution in [2.24, 2.45) is 5.73 Å². The fraction of sp³-hybridized carbons (Fsp3) is 0.500. The van der Waals surface area contributed by atoms with Crippen LogP contribution in [0.2, 0.25) is 0 Å². The van der Waals surface area contributed by atoms with Crippen molar-refractivity contribution >= 4 is 0 Å². The van der Waals surface area contributed by atoms with Gasteiger partial charge in [-0.05, 0) is 31.0 Å². The summed E-state index contributed by atoms with van der Waals surface area (Å²) < 4.78 is 44.0. The van der Waals surface area contributed by atoms with Crippen LogP contribution in [0.3, 0.4) is 0 Å². The molecule has 0 saturated heterocycles. The summed E-state index contributed by atoms with van der Waals surface area (Å²) in [5.74, 6) is -0.401. The van der Waals surface area contributed by atoms with Gasteiger partial charge in [0.2, 0.25) is 0 Å². The van der Waals surface area contributed by atoms with Crippen LogP contribution in [-0.2, 0) is 0 Å². The molecule has 1 unspecified atom stereocenters. The summed E-state index contributed by atoms with van der Waals surface area (Å²) in [4.78, 5) is 0. The van der Waals surface area contributed by atoms with Crippen molar-refractivity contribution in [3.63, 3.8) is 0 Å². The number of rotatable bonds is 4. The third kappa shape index (κ3) is 2.72. The van der Waals surface area contributed by atoms with E-state index in [0.29, 0.717) is 5.75 Å². The molecule has 2 rings (SSSR count). The van der Waals surface area contributed by atoms with Crippen molar-refractivity contribution in [1.29, 1.82) is 0 Å². The standard InChI is InChI=1S/C12H14F3NO/c13-6-12(15)10-5-8(1-2-11(10)14)17-9-3-7(16)4-9/h1-2,5,7,9,12H,3-4,6,16H2. The largest absolute Gasteiger partial charge is 0.490 e. The molecule has 0 bridgehead atoms. The Morgan fingerprint density at radius 1 is 1.41 bits per heavy atom. The van der Waals surface area contributed by atoms with Crippen molar-refractivity contribution in [1.82, 2.24) is 0 Å². The van der Waals surface area contributed by atoms with Crippen LogP contribution < -0.4 is 10.5 Å². The van der Waals surface area contributed by atoms with E-state index in [1.54, 1.807) is 0 Å². The lowest BCUT2D eigenvalue weighted by atomic mass is 9.90. The smallest absolute Gasteiger partial charge is 0.156 e. The minimum atomic E-state index is -1.94. The lowest BCUT2D eigenvalue weighted by Gasteiger charge is -2.32. The van der Waals surface area contributed by atoms with Crippen LogP contribution in [0.5, 0.6) is 5.75 Å². The van der Waals surface area contributed by atoms with Crippen LogP contribution in [0.25, 0.3) is 0 Å². The monoisotopic (exact) mass is 245 g/mol. The summed E-state index contributed by atoms with van der Waals surface area (Å²) in [6.07, 6.45) is -0.488. The maximum atomic E-state index is 13.2. The Kier molecular flexibility index (Phi) is 3.57. The van der Waals surface area contributed by atoms with Gasteiger partial charge in [0.25, 0.3) is 0 Å². The highest BCUT2D eigenvalue weighted by Gasteiger charge is 2.28. The minimum absolute atomic E-state index is 0.00764. The first-order valence-electron chi connectivity index (χ1n) is 5.52. The Balaban J connectivity index is 2.08. The zero-order valence-electron chi connectivity index (χ0n) is 9.20. The van der Waals surface area contributed by atoms with E-state index in [4.69, 9.17) is 10.5 Å². The highest BCUT2D eigenvalue weighted by molar-refractivity contribution is 5.31. The molecule has 0 heterocycles. The highest BCUT2D eigenvalue weighted by Crippen LogP contribution is 2.29. The molecule has 0 amide bonds. The minimum Gasteiger partial charge on any atom is -0.490 e. The van der Waals surface area contributed by atoms with Crippen LogP contribution in [0.1, 0.15) is 24.6 Å². The molecule has 1 fully saturated rings. The molecular weight excluding hydrogens is 231 g/mol. The second-order valence-corrected chi connectivity index (χ2v) is 4.28. The highest BCUT2D eigenvalue weighted by atomic mass is 19.2. The van der Waals surface area contributed by atoms with Gasteiger partial charge < -0.3 is 10.5 Å². The molecule has 1 atom stereocenters. The molecule has 2 nitrogen and oxygen atoms in total. The molecule has 1 aliphatic rings. The van der Waals surface area contributed by atoms with Crippen molar-refractivity contribution in [3.8, 4) is 5.75 Å². The molecule has 1 aromatic rings. The molecule has 0 aromatic heterocycles. The normalized spacial score (nSPS) is 25.2. The first-order chi connectivity index (χ1) is 8.10. The summed E-state index contributed by atoms with van der Waals surface area (Å²) >= 11 is 0. The third-order valence-electron chi connectivity index (χ3n) is 2.87. The Morgan fingerprint density at radius 3 is 2.71 bits per heavy atom. The molecule has 0 radical (unpaired) electrons. The van der Waals surface area contributed by atoms with Gasteiger partial charge in [-0.2, -0.15) is 0 Å². The van der Waals surface area contributed by atoms with Crippen LogP contribution in [0.4, 0.5) is 13.2 Å². The molecule has 0 spiro atoms. The molecule has 1 aromatic carbocycles. The van der Waals surface area contributed by atoms with E-state index < -0.39 is 18.7 Å². The second kappa shape index (κ2) is 4.96. The summed E-state index contributed by atoms with van der Waals surface area (Å²) in [7, 11) is 0. The number of hydrogen-bond donors (Lipinski definition) is 1. The van der Waals surface area contributed by atoms with Crippen molar-refractivity contribution < 1.29 is 17.9 Å². The predicted molar refractivity (Wildman–Crippen MR) is 57.8 cm³/mol. The van der Waals surface area contributed by atoms with Gasteiger partial charge in [0, 0.05) is 11.6 Å². The summed E-state index contributed by atoms with van der Waals surface area (Å²) in [6, 6.07) is 3.85. The van der Waals surface area contributed by atoms with Gasteiger partial charge in [-0.3, -0.25) is 0 Å². The Labute approximate surface area is 97.6 Å². The molecule has 1 aliphatic carbocycles. The van der Waals surface area contributed by atoms with Gasteiger partial charge in [0.05, 0.1) is 0 Å². The first-order valence-corrected chi connectivity index (χ1v) is 5.52. The van der Waals surface area contributed by atoms with Gasteiger partial charge in [-0.1, -0.05) is 0 Å². The van der Waals surface area contributed by atoms with Gasteiger partial charge >= 0.3 is 0 Å². The van der Waals surface area contributed by atoms with E-state index in [2.05, 4.69) is 0 Å². The maximum Gasteiger partial charge on any atom is 0.156 e. The number of ether oxygens (including phenoxy) is 1. The molecule has 1 saturated carbocycles. The van der Waals surface area contributed by atoms with Crippen LogP contribution in [-0.4, -0.2) is 18.8 Å². The third-order valence-corrected chi connectivity index (χ3v) is 2.87. The SMILES string of the molecule is NC1CC(Oc2ccc(F)c(C(F)CF)c2)C1. The Morgan fingerprint density at radius 2 is 2.12 bits per heavy atom. The quantitative estimate of drug-likeness (QED) is 0.885. The topological polar surface area (TPSA) is 35.2 Å². The lowest BCUT2D eigenvalue weighted by Crippen LogP contribution is -2.43. The fourth-order valence-corrected chi connectivity index (χ4v) is 1.81. The Hall–Kier alpha value is -1.23. The summed E-state index contributed by atoms with van der Waals surface area (Å²) in [5, 5.41) is 0. The average molecular weight is 245 g/mol. The van der Waals surface area contributed by atoms with E-state index >= 15 is 0 Å². The maximum absolute atomic E-state index is 13.2. The Bertz CT molecular complexity index is 393. The van der Waals surface area contributed by atoms with Crippen LogP contribution in [0, 0.1) is 5.82 Å². The van der Waals surface area contributed by atoms with Gasteiger partial charge in [-0.15, -0.1) is 0 Å². The zero-order chi connectivity index (χ0) is 12.4. The first kappa shape index (κ1) is 12.2. The predicted octanol–water partition coefficient (Wildman–Crippen LogP) is 2.67. The summed E-state index contributed by atoms with van der Waals surface area (Å²) in [5.41, 5.74) is 5.30. The van der Waals surface area contributed by atoms with Crippen molar-refractivity contribution in [3.05, 3.63) is 29.6 Å². The molecular formula is C12H14F3NO. The van der Waals surface area contributed by atoms with E-state index in [1.165, 1.54) is 12.1 Å². The molecule has 94 valence electrons.